The van der Waals surface area contributed by atoms with Crippen LogP contribution in [0.3, 0.4) is 0 Å². The van der Waals surface area contributed by atoms with Gasteiger partial charge in [0.1, 0.15) is 0 Å². The van der Waals surface area contributed by atoms with Gasteiger partial charge in [0.25, 0.3) is 0 Å². The highest BCUT2D eigenvalue weighted by Crippen LogP contribution is 2.36. The summed E-state index contributed by atoms with van der Waals surface area (Å²) in [5, 5.41) is 10.3. The second kappa shape index (κ2) is 6.04. The second-order valence-electron chi connectivity index (χ2n) is 5.74. The number of hydrogen-bond donors (Lipinski definition) is 2. The van der Waals surface area contributed by atoms with E-state index in [4.69, 9.17) is 10.1 Å². The molecule has 2 aliphatic rings. The molecule has 2 unspecified atom stereocenters. The number of allylic oxidation sites excluding steroid dienone is 3. The molecule has 0 saturated heterocycles. The quantitative estimate of drug-likeness (QED) is 0.723. The van der Waals surface area contributed by atoms with Crippen LogP contribution in [0, 0.1) is 17.2 Å². The van der Waals surface area contributed by atoms with E-state index in [0.717, 1.165) is 12.8 Å². The molecule has 0 bridgehead atoms. The molecule has 0 heterocycles. The van der Waals surface area contributed by atoms with Crippen LogP contribution in [0.1, 0.15) is 32.6 Å². The minimum absolute atomic E-state index is 0.269. The molecule has 0 radical (unpaired) electrons. The molecule has 104 valence electrons. The Labute approximate surface area is 114 Å². The molecule has 1 saturated carbocycles. The maximum atomic E-state index is 11.8. The topological polar surface area (TPSA) is 62.2 Å². The standard InChI is InChI=1S/C15H22N2O2/c1-15(11-16,9-12-7-8-12)17-14(18)19-10-13-5-3-2-4-6-13/h2-5,11-13,16H,6-10H2,1H3,(H,17,18). The number of amides is 1. The summed E-state index contributed by atoms with van der Waals surface area (Å²) in [5.41, 5.74) is -0.569. The molecule has 1 amide bonds. The van der Waals surface area contributed by atoms with Crippen molar-refractivity contribution in [2.75, 3.05) is 6.61 Å². The first-order valence-corrected chi connectivity index (χ1v) is 6.91. The van der Waals surface area contributed by atoms with Crippen LogP contribution in [0.2, 0.25) is 0 Å². The fourth-order valence-corrected chi connectivity index (χ4v) is 2.28. The van der Waals surface area contributed by atoms with Gasteiger partial charge in [-0.3, -0.25) is 0 Å². The minimum atomic E-state index is -0.569. The first-order chi connectivity index (χ1) is 9.11. The van der Waals surface area contributed by atoms with E-state index >= 15 is 0 Å². The lowest BCUT2D eigenvalue weighted by Crippen LogP contribution is -2.48. The average molecular weight is 262 g/mol. The van der Waals surface area contributed by atoms with Crippen LogP contribution in [0.4, 0.5) is 4.79 Å². The Morgan fingerprint density at radius 1 is 1.53 bits per heavy atom. The molecule has 0 aliphatic heterocycles. The number of carbonyl (C=O) groups is 1. The summed E-state index contributed by atoms with van der Waals surface area (Å²) >= 11 is 0. The van der Waals surface area contributed by atoms with Gasteiger partial charge in [-0.2, -0.15) is 0 Å². The van der Waals surface area contributed by atoms with E-state index in [9.17, 15) is 4.79 Å². The summed E-state index contributed by atoms with van der Waals surface area (Å²) in [5.74, 6) is 0.920. The summed E-state index contributed by atoms with van der Waals surface area (Å²) in [6.45, 7) is 2.27. The lowest BCUT2D eigenvalue weighted by molar-refractivity contribution is 0.128. The predicted molar refractivity (Wildman–Crippen MR) is 75.4 cm³/mol. The Bertz CT molecular complexity index is 399. The van der Waals surface area contributed by atoms with Crippen LogP contribution in [-0.2, 0) is 4.74 Å². The normalized spacial score (nSPS) is 24.6. The molecule has 4 heteroatoms. The number of alkyl carbamates (subject to hydrolysis) is 1. The Morgan fingerprint density at radius 3 is 2.89 bits per heavy atom. The van der Waals surface area contributed by atoms with Crippen LogP contribution in [0.25, 0.3) is 0 Å². The number of rotatable bonds is 6. The first kappa shape index (κ1) is 13.8. The third-order valence-corrected chi connectivity index (χ3v) is 3.61. The van der Waals surface area contributed by atoms with Gasteiger partial charge in [0.15, 0.2) is 0 Å². The van der Waals surface area contributed by atoms with Crippen molar-refractivity contribution in [2.24, 2.45) is 11.8 Å². The zero-order chi connectivity index (χ0) is 13.7. The van der Waals surface area contributed by atoms with Crippen molar-refractivity contribution in [1.29, 1.82) is 5.41 Å². The van der Waals surface area contributed by atoms with Crippen LogP contribution >= 0.6 is 0 Å². The van der Waals surface area contributed by atoms with E-state index in [2.05, 4.69) is 11.4 Å². The van der Waals surface area contributed by atoms with Crippen molar-refractivity contribution in [1.82, 2.24) is 5.32 Å². The summed E-state index contributed by atoms with van der Waals surface area (Å²) in [4.78, 5) is 11.8. The van der Waals surface area contributed by atoms with Crippen LogP contribution in [-0.4, -0.2) is 24.5 Å². The number of carbonyl (C=O) groups excluding carboxylic acids is 1. The van der Waals surface area contributed by atoms with Gasteiger partial charge < -0.3 is 15.5 Å². The lowest BCUT2D eigenvalue weighted by Gasteiger charge is -2.26. The van der Waals surface area contributed by atoms with E-state index < -0.39 is 11.6 Å². The van der Waals surface area contributed by atoms with Crippen LogP contribution < -0.4 is 5.32 Å². The molecule has 2 aliphatic carbocycles. The third-order valence-electron chi connectivity index (χ3n) is 3.61. The second-order valence-corrected chi connectivity index (χ2v) is 5.74. The smallest absolute Gasteiger partial charge is 0.407 e. The molecular formula is C15H22N2O2. The molecule has 4 nitrogen and oxygen atoms in total. The Hall–Kier alpha value is -1.58. The lowest BCUT2D eigenvalue weighted by atomic mass is 9.96. The zero-order valence-electron chi connectivity index (χ0n) is 11.4. The monoisotopic (exact) mass is 262 g/mol. The van der Waals surface area contributed by atoms with Crippen molar-refractivity contribution in [2.45, 2.75) is 38.1 Å². The van der Waals surface area contributed by atoms with Crippen molar-refractivity contribution in [3.8, 4) is 0 Å². The van der Waals surface area contributed by atoms with Gasteiger partial charge in [-0.15, -0.1) is 0 Å². The Balaban J connectivity index is 1.74. The maximum Gasteiger partial charge on any atom is 0.407 e. The van der Waals surface area contributed by atoms with Crippen LogP contribution in [0.15, 0.2) is 24.3 Å². The molecule has 0 spiro atoms. The molecule has 0 aromatic rings. The highest BCUT2D eigenvalue weighted by molar-refractivity contribution is 5.77. The van der Waals surface area contributed by atoms with Gasteiger partial charge in [-0.1, -0.05) is 37.1 Å². The summed E-state index contributed by atoms with van der Waals surface area (Å²) in [7, 11) is 0. The van der Waals surface area contributed by atoms with Crippen molar-refractivity contribution < 1.29 is 9.53 Å². The van der Waals surface area contributed by atoms with Crippen molar-refractivity contribution >= 4 is 12.3 Å². The Morgan fingerprint density at radius 2 is 2.32 bits per heavy atom. The number of nitrogens with one attached hydrogen (secondary N) is 2. The summed E-state index contributed by atoms with van der Waals surface area (Å²) in [6.07, 6.45) is 13.1. The molecule has 0 aromatic heterocycles. The zero-order valence-corrected chi connectivity index (χ0v) is 11.4. The fraction of sp³-hybridized carbons (Fsp3) is 0.600. The fourth-order valence-electron chi connectivity index (χ4n) is 2.28. The minimum Gasteiger partial charge on any atom is -0.449 e. The van der Waals surface area contributed by atoms with E-state index in [1.807, 2.05) is 25.2 Å². The van der Waals surface area contributed by atoms with Gasteiger partial charge in [0.2, 0.25) is 0 Å². The predicted octanol–water partition coefficient (Wildman–Crippen LogP) is 3.05. The van der Waals surface area contributed by atoms with E-state index in [1.54, 1.807) is 0 Å². The molecule has 2 rings (SSSR count). The summed E-state index contributed by atoms with van der Waals surface area (Å²) < 4.78 is 5.24. The van der Waals surface area contributed by atoms with Crippen molar-refractivity contribution in [3.05, 3.63) is 24.3 Å². The van der Waals surface area contributed by atoms with Crippen LogP contribution in [0.5, 0.6) is 0 Å². The van der Waals surface area contributed by atoms with Gasteiger partial charge >= 0.3 is 6.09 Å². The maximum absolute atomic E-state index is 11.8. The Kier molecular flexibility index (Phi) is 4.40. The molecule has 2 atom stereocenters. The highest BCUT2D eigenvalue weighted by Gasteiger charge is 2.33. The molecule has 1 fully saturated rings. The number of ether oxygens (including phenoxy) is 1. The van der Waals surface area contributed by atoms with E-state index in [-0.39, 0.29) is 5.92 Å². The molecule has 19 heavy (non-hydrogen) atoms. The van der Waals surface area contributed by atoms with E-state index in [1.165, 1.54) is 19.1 Å². The largest absolute Gasteiger partial charge is 0.449 e. The average Bonchev–Trinajstić information content (AvgIpc) is 3.21. The molecular weight excluding hydrogens is 240 g/mol. The van der Waals surface area contributed by atoms with Gasteiger partial charge in [0, 0.05) is 12.1 Å². The highest BCUT2D eigenvalue weighted by atomic mass is 16.5. The van der Waals surface area contributed by atoms with Gasteiger partial charge in [-0.25, -0.2) is 4.79 Å². The molecule has 0 aromatic carbocycles. The third kappa shape index (κ3) is 4.54. The van der Waals surface area contributed by atoms with Crippen molar-refractivity contribution in [3.63, 3.8) is 0 Å². The first-order valence-electron chi connectivity index (χ1n) is 6.91. The summed E-state index contributed by atoms with van der Waals surface area (Å²) in [6, 6.07) is 0. The van der Waals surface area contributed by atoms with Gasteiger partial charge in [0.05, 0.1) is 12.1 Å². The van der Waals surface area contributed by atoms with E-state index in [0.29, 0.717) is 12.5 Å². The SMILES string of the molecule is CC(C=N)(CC1CC1)NC(=O)OCC1C=CC=CC1. The molecule has 2 N–H and O–H groups in total. The van der Waals surface area contributed by atoms with Gasteiger partial charge in [-0.05, 0) is 25.7 Å². The number of hydrogen-bond acceptors (Lipinski definition) is 3.